The quantitative estimate of drug-likeness (QED) is 0.296. The molecule has 2 heterocycles. The van der Waals surface area contributed by atoms with Crippen LogP contribution in [-0.2, 0) is 20.9 Å². The van der Waals surface area contributed by atoms with Gasteiger partial charge >= 0.3 is 0 Å². The highest BCUT2D eigenvalue weighted by Crippen LogP contribution is 2.47. The Bertz CT molecular complexity index is 1060. The lowest BCUT2D eigenvalue weighted by molar-refractivity contribution is -0.128. The van der Waals surface area contributed by atoms with Crippen LogP contribution < -0.4 is 10.6 Å². The van der Waals surface area contributed by atoms with Crippen LogP contribution in [0.5, 0.6) is 0 Å². The van der Waals surface area contributed by atoms with E-state index < -0.39 is 0 Å². The van der Waals surface area contributed by atoms with Gasteiger partial charge in [0.05, 0.1) is 25.5 Å². The highest BCUT2D eigenvalue weighted by molar-refractivity contribution is 5.81. The van der Waals surface area contributed by atoms with E-state index in [-0.39, 0.29) is 5.41 Å². The van der Waals surface area contributed by atoms with Crippen LogP contribution in [0.1, 0.15) is 103 Å². The maximum absolute atomic E-state index is 12.0. The monoisotopic (exact) mass is 607 g/mol. The first-order valence-electron chi connectivity index (χ1n) is 18.3. The summed E-state index contributed by atoms with van der Waals surface area (Å²) in [6, 6.07) is 10.1. The van der Waals surface area contributed by atoms with Crippen LogP contribution in [-0.4, -0.2) is 67.9 Å². The van der Waals surface area contributed by atoms with Gasteiger partial charge < -0.3 is 14.4 Å². The molecule has 1 aromatic carbocycles. The molecule has 0 spiro atoms. The Kier molecular flexibility index (Phi) is 10.8. The number of benzene rings is 1. The van der Waals surface area contributed by atoms with E-state index in [0.29, 0.717) is 36.1 Å². The van der Waals surface area contributed by atoms with Crippen molar-refractivity contribution in [1.29, 1.82) is 0 Å². The fourth-order valence-corrected chi connectivity index (χ4v) is 9.70. The van der Waals surface area contributed by atoms with Gasteiger partial charge in [-0.15, -0.1) is 0 Å². The molecule has 0 radical (unpaired) electrons. The molecule has 2 N–H and O–H groups in total. The lowest BCUT2D eigenvalue weighted by atomic mass is 9.60. The number of likely N-dealkylation sites (tertiary alicyclic amines) is 1. The number of Topliss-reactive ketones (excluding diaryl/α,β-unsaturated/α-hetero) is 1. The summed E-state index contributed by atoms with van der Waals surface area (Å²) in [6.07, 6.45) is 14.3. The zero-order valence-electron chi connectivity index (χ0n) is 28.2. The van der Waals surface area contributed by atoms with Gasteiger partial charge in [-0.05, 0) is 140 Å². The molecule has 2 aliphatic heterocycles. The van der Waals surface area contributed by atoms with E-state index in [1.165, 1.54) is 69.2 Å². The molecule has 1 aromatic rings. The van der Waals surface area contributed by atoms with Crippen LogP contribution in [0.2, 0.25) is 0 Å². The number of hydrogen-bond acceptors (Lipinski definition) is 6. The van der Waals surface area contributed by atoms with Gasteiger partial charge in [-0.1, -0.05) is 36.8 Å². The van der Waals surface area contributed by atoms with Gasteiger partial charge in [0, 0.05) is 30.7 Å². The summed E-state index contributed by atoms with van der Waals surface area (Å²) in [6.45, 7) is 14.3. The SMILES string of the molecule is CC(=O)C1(C)CCC(COCCN2CCC(C3NC(C)NC4C5CCC(OCc6ccc(C)cc6)CC5CCC34)CC2)CC1. The topological polar surface area (TPSA) is 62.8 Å². The van der Waals surface area contributed by atoms with Gasteiger partial charge in [0.15, 0.2) is 0 Å². The third-order valence-electron chi connectivity index (χ3n) is 12.8. The molecule has 7 atom stereocenters. The molecule has 44 heavy (non-hydrogen) atoms. The summed E-state index contributed by atoms with van der Waals surface area (Å²) in [5.74, 6) is 4.15. The number of ether oxygens (including phenoxy) is 2. The van der Waals surface area contributed by atoms with E-state index in [1.54, 1.807) is 6.92 Å². The maximum Gasteiger partial charge on any atom is 0.135 e. The Morgan fingerprint density at radius 3 is 2.34 bits per heavy atom. The predicted molar refractivity (Wildman–Crippen MR) is 177 cm³/mol. The molecule has 5 aliphatic rings. The van der Waals surface area contributed by atoms with Crippen molar-refractivity contribution in [1.82, 2.24) is 15.5 Å². The van der Waals surface area contributed by atoms with E-state index >= 15 is 0 Å². The highest BCUT2D eigenvalue weighted by atomic mass is 16.5. The first kappa shape index (κ1) is 32.6. The molecule has 2 saturated heterocycles. The van der Waals surface area contributed by atoms with Gasteiger partial charge in [-0.25, -0.2) is 0 Å². The third-order valence-corrected chi connectivity index (χ3v) is 12.8. The van der Waals surface area contributed by atoms with E-state index in [2.05, 4.69) is 60.6 Å². The minimum atomic E-state index is -0.0856. The third kappa shape index (κ3) is 7.79. The van der Waals surface area contributed by atoms with Gasteiger partial charge in [0.1, 0.15) is 5.78 Å². The molecule has 3 aliphatic carbocycles. The van der Waals surface area contributed by atoms with Crippen LogP contribution in [0.3, 0.4) is 0 Å². The number of piperidine rings is 1. The molecular weight excluding hydrogens is 546 g/mol. The van der Waals surface area contributed by atoms with E-state index in [9.17, 15) is 4.79 Å². The lowest BCUT2D eigenvalue weighted by Crippen LogP contribution is -2.68. The smallest absolute Gasteiger partial charge is 0.135 e. The molecule has 246 valence electrons. The average Bonchev–Trinajstić information content (AvgIpc) is 3.03. The Hall–Kier alpha value is -1.31. The van der Waals surface area contributed by atoms with Crippen LogP contribution >= 0.6 is 0 Å². The van der Waals surface area contributed by atoms with Crippen molar-refractivity contribution in [2.45, 2.75) is 129 Å². The number of hydrogen-bond donors (Lipinski definition) is 2. The molecule has 6 heteroatoms. The van der Waals surface area contributed by atoms with E-state index in [4.69, 9.17) is 9.47 Å². The molecule has 5 fully saturated rings. The molecule has 6 nitrogen and oxygen atoms in total. The predicted octanol–water partition coefficient (Wildman–Crippen LogP) is 6.50. The van der Waals surface area contributed by atoms with Gasteiger partial charge in [-0.2, -0.15) is 0 Å². The lowest BCUT2D eigenvalue weighted by Gasteiger charge is -2.55. The van der Waals surface area contributed by atoms with Gasteiger partial charge in [0.2, 0.25) is 0 Å². The molecule has 7 unspecified atom stereocenters. The maximum atomic E-state index is 12.0. The molecule has 0 amide bonds. The number of rotatable bonds is 10. The van der Waals surface area contributed by atoms with Crippen LogP contribution in [0.4, 0.5) is 0 Å². The second kappa shape index (κ2) is 14.6. The van der Waals surface area contributed by atoms with Crippen molar-refractivity contribution >= 4 is 5.78 Å². The van der Waals surface area contributed by atoms with Crippen molar-refractivity contribution in [2.75, 3.05) is 32.8 Å². The summed E-state index contributed by atoms with van der Waals surface area (Å²) in [5, 5.41) is 8.10. The Labute approximate surface area is 267 Å². The number of nitrogens with one attached hydrogen (secondary N) is 2. The number of fused-ring (bicyclic) bond motifs is 3. The highest BCUT2D eigenvalue weighted by Gasteiger charge is 2.49. The second-order valence-corrected chi connectivity index (χ2v) is 15.8. The molecule has 3 saturated carbocycles. The number of carbonyl (C=O) groups is 1. The molecule has 6 rings (SSSR count). The van der Waals surface area contributed by atoms with Crippen LogP contribution in [0.25, 0.3) is 0 Å². The van der Waals surface area contributed by atoms with Crippen molar-refractivity contribution in [3.05, 3.63) is 35.4 Å². The number of nitrogens with zero attached hydrogens (tertiary/aromatic N) is 1. The summed E-state index contributed by atoms with van der Waals surface area (Å²) in [4.78, 5) is 14.6. The second-order valence-electron chi connectivity index (χ2n) is 15.8. The number of aryl methyl sites for hydroxylation is 1. The summed E-state index contributed by atoms with van der Waals surface area (Å²) in [7, 11) is 0. The van der Waals surface area contributed by atoms with Crippen LogP contribution in [0, 0.1) is 41.9 Å². The van der Waals surface area contributed by atoms with Gasteiger partial charge in [0.25, 0.3) is 0 Å². The molecular formula is C38H61N3O3. The molecule has 0 aromatic heterocycles. The minimum absolute atomic E-state index is 0.0856. The van der Waals surface area contributed by atoms with Crippen LogP contribution in [0.15, 0.2) is 24.3 Å². The Morgan fingerprint density at radius 1 is 0.909 bits per heavy atom. The normalized spacial score (nSPS) is 38.5. The Balaban J connectivity index is 0.918. The number of carbonyl (C=O) groups excluding carboxylic acids is 1. The minimum Gasteiger partial charge on any atom is -0.380 e. The standard InChI is InChI=1S/C38H61N3O3/c1-26-5-7-29(8-6-26)25-44-33-10-12-34-32(23-33)9-11-35-36(39-28(3)40-37(34)35)31-15-19-41(20-16-31)21-22-43-24-30-13-17-38(4,18-14-30)27(2)42/h5-8,28,30-37,39-40H,9-25H2,1-4H3. The first-order chi connectivity index (χ1) is 21.3. The zero-order valence-corrected chi connectivity index (χ0v) is 28.2. The average molecular weight is 608 g/mol. The van der Waals surface area contributed by atoms with Crippen molar-refractivity contribution in [3.63, 3.8) is 0 Å². The number of ketones is 1. The van der Waals surface area contributed by atoms with Crippen molar-refractivity contribution < 1.29 is 14.3 Å². The zero-order chi connectivity index (χ0) is 30.7. The Morgan fingerprint density at radius 2 is 1.61 bits per heavy atom. The summed E-state index contributed by atoms with van der Waals surface area (Å²) >= 11 is 0. The van der Waals surface area contributed by atoms with Crippen molar-refractivity contribution in [2.24, 2.45) is 35.0 Å². The first-order valence-corrected chi connectivity index (χ1v) is 18.3. The van der Waals surface area contributed by atoms with Gasteiger partial charge in [-0.3, -0.25) is 15.4 Å². The van der Waals surface area contributed by atoms with Crippen molar-refractivity contribution in [3.8, 4) is 0 Å². The largest absolute Gasteiger partial charge is 0.380 e. The summed E-state index contributed by atoms with van der Waals surface area (Å²) in [5.41, 5.74) is 2.53. The fraction of sp³-hybridized carbons (Fsp3) is 0.816. The van der Waals surface area contributed by atoms with E-state index in [0.717, 1.165) is 75.7 Å². The molecule has 0 bridgehead atoms. The van der Waals surface area contributed by atoms with E-state index in [1.807, 2.05) is 0 Å². The fourth-order valence-electron chi connectivity index (χ4n) is 9.70. The summed E-state index contributed by atoms with van der Waals surface area (Å²) < 4.78 is 12.6.